The summed E-state index contributed by atoms with van der Waals surface area (Å²) < 4.78 is 5.31. The summed E-state index contributed by atoms with van der Waals surface area (Å²) in [6.45, 7) is -0.436. The number of nitrogens with zero attached hydrogens (tertiary/aromatic N) is 2. The lowest BCUT2D eigenvalue weighted by Gasteiger charge is -2.35. The highest BCUT2D eigenvalue weighted by Gasteiger charge is 2.55. The van der Waals surface area contributed by atoms with Crippen molar-refractivity contribution in [3.63, 3.8) is 0 Å². The van der Waals surface area contributed by atoms with Crippen LogP contribution in [0.15, 0.2) is 54.6 Å². The Hall–Kier alpha value is -3.48. The molecule has 0 atom stereocenters. The quantitative estimate of drug-likeness (QED) is 0.320. The third kappa shape index (κ3) is 3.83. The Morgan fingerprint density at radius 1 is 0.903 bits per heavy atom. The van der Waals surface area contributed by atoms with Crippen molar-refractivity contribution in [2.24, 2.45) is 0 Å². The van der Waals surface area contributed by atoms with Crippen LogP contribution in [0.1, 0.15) is 48.0 Å². The number of esters is 1. The number of imide groups is 1. The minimum Gasteiger partial charge on any atom is -0.425 e. The number of carbonyl (C=O) groups is 4. The maximum atomic E-state index is 13.0. The van der Waals surface area contributed by atoms with Gasteiger partial charge in [0.05, 0.1) is 0 Å². The van der Waals surface area contributed by atoms with Crippen LogP contribution in [-0.4, -0.2) is 52.6 Å². The van der Waals surface area contributed by atoms with Crippen molar-refractivity contribution in [2.45, 2.75) is 37.6 Å². The Kier molecular flexibility index (Phi) is 5.59. The van der Waals surface area contributed by atoms with Crippen LogP contribution in [0.3, 0.4) is 0 Å². The van der Waals surface area contributed by atoms with E-state index < -0.39 is 24.1 Å². The van der Waals surface area contributed by atoms with E-state index in [1.807, 2.05) is 6.07 Å². The van der Waals surface area contributed by atoms with Crippen LogP contribution in [0.5, 0.6) is 5.75 Å². The molecule has 2 aromatic carbocycles. The fourth-order valence-corrected chi connectivity index (χ4v) is 4.39. The molecule has 0 unspecified atom stereocenters. The molecular formula is C24H24N2O5. The topological polar surface area (TPSA) is 84.0 Å². The van der Waals surface area contributed by atoms with Gasteiger partial charge in [0.15, 0.2) is 5.78 Å². The monoisotopic (exact) mass is 420 g/mol. The lowest BCUT2D eigenvalue weighted by atomic mass is 9.81. The molecular weight excluding hydrogens is 396 g/mol. The van der Waals surface area contributed by atoms with Gasteiger partial charge in [-0.2, -0.15) is 0 Å². The van der Waals surface area contributed by atoms with Gasteiger partial charge in [0.2, 0.25) is 0 Å². The van der Waals surface area contributed by atoms with Gasteiger partial charge in [0, 0.05) is 18.2 Å². The molecule has 1 aliphatic carbocycles. The molecule has 1 saturated heterocycles. The van der Waals surface area contributed by atoms with Crippen LogP contribution < -0.4 is 4.74 Å². The molecule has 2 aliphatic rings. The molecule has 31 heavy (non-hydrogen) atoms. The van der Waals surface area contributed by atoms with E-state index >= 15 is 0 Å². The lowest BCUT2D eigenvalue weighted by Crippen LogP contribution is -2.49. The summed E-state index contributed by atoms with van der Waals surface area (Å²) in [5.41, 5.74) is 0.213. The summed E-state index contributed by atoms with van der Waals surface area (Å²) in [5.74, 6) is -0.910. The Morgan fingerprint density at radius 2 is 1.52 bits per heavy atom. The van der Waals surface area contributed by atoms with E-state index in [2.05, 4.69) is 0 Å². The van der Waals surface area contributed by atoms with E-state index in [1.165, 1.54) is 17.0 Å². The lowest BCUT2D eigenvalue weighted by molar-refractivity contribution is -0.142. The van der Waals surface area contributed by atoms with Crippen LogP contribution in [0.2, 0.25) is 0 Å². The maximum absolute atomic E-state index is 13.0. The Morgan fingerprint density at radius 3 is 2.16 bits per heavy atom. The standard InChI is InChI=1S/C24H24N2O5/c1-25-23(30)26(22(29)24(25)14-6-3-7-15-24)16-20(27)31-19-12-10-18(11-13-19)21(28)17-8-4-2-5-9-17/h2,4-5,8-13H,3,6-7,14-16H2,1H3. The molecule has 2 fully saturated rings. The van der Waals surface area contributed by atoms with Gasteiger partial charge in [0.1, 0.15) is 17.8 Å². The van der Waals surface area contributed by atoms with Crippen LogP contribution in [0.25, 0.3) is 0 Å². The average molecular weight is 420 g/mol. The van der Waals surface area contributed by atoms with Gasteiger partial charge in [-0.25, -0.2) is 9.59 Å². The minimum atomic E-state index is -0.824. The molecule has 3 amide bonds. The number of ether oxygens (including phenoxy) is 1. The SMILES string of the molecule is CN1C(=O)N(CC(=O)Oc2ccc(C(=O)c3ccccc3)cc2)C(=O)C12CCCCC2. The Balaban J connectivity index is 1.40. The molecule has 1 saturated carbocycles. The molecule has 7 heteroatoms. The number of likely N-dealkylation sites (N-methyl/N-ethyl adjacent to an activating group) is 1. The number of hydrogen-bond acceptors (Lipinski definition) is 5. The number of rotatable bonds is 5. The van der Waals surface area contributed by atoms with Crippen molar-refractivity contribution >= 4 is 23.7 Å². The highest BCUT2D eigenvalue weighted by molar-refractivity contribution is 6.09. The van der Waals surface area contributed by atoms with Crippen LogP contribution in [-0.2, 0) is 9.59 Å². The predicted molar refractivity (Wildman–Crippen MR) is 113 cm³/mol. The second-order valence-corrected chi connectivity index (χ2v) is 8.02. The molecule has 1 heterocycles. The van der Waals surface area contributed by atoms with Gasteiger partial charge in [-0.3, -0.25) is 14.5 Å². The predicted octanol–water partition coefficient (Wildman–Crippen LogP) is 3.42. The summed E-state index contributed by atoms with van der Waals surface area (Å²) >= 11 is 0. The first kappa shape index (κ1) is 20.8. The third-order valence-electron chi connectivity index (χ3n) is 6.16. The second kappa shape index (κ2) is 8.34. The van der Waals surface area contributed by atoms with Gasteiger partial charge < -0.3 is 9.64 Å². The van der Waals surface area contributed by atoms with Crippen molar-refractivity contribution in [1.29, 1.82) is 0 Å². The zero-order valence-corrected chi connectivity index (χ0v) is 17.4. The van der Waals surface area contributed by atoms with E-state index in [1.54, 1.807) is 43.4 Å². The first-order valence-corrected chi connectivity index (χ1v) is 10.4. The highest BCUT2D eigenvalue weighted by Crippen LogP contribution is 2.39. The van der Waals surface area contributed by atoms with E-state index in [-0.39, 0.29) is 17.4 Å². The summed E-state index contributed by atoms with van der Waals surface area (Å²) in [6.07, 6.45) is 4.06. The molecule has 1 aliphatic heterocycles. The van der Waals surface area contributed by atoms with Crippen molar-refractivity contribution < 1.29 is 23.9 Å². The number of urea groups is 1. The number of carbonyl (C=O) groups excluding carboxylic acids is 4. The molecule has 160 valence electrons. The van der Waals surface area contributed by atoms with E-state index in [9.17, 15) is 19.2 Å². The third-order valence-corrected chi connectivity index (χ3v) is 6.16. The first-order valence-electron chi connectivity index (χ1n) is 10.4. The van der Waals surface area contributed by atoms with Crippen LogP contribution in [0, 0.1) is 0 Å². The van der Waals surface area contributed by atoms with Gasteiger partial charge in [-0.05, 0) is 37.1 Å². The summed E-state index contributed by atoms with van der Waals surface area (Å²) in [6, 6.07) is 14.6. The zero-order valence-electron chi connectivity index (χ0n) is 17.4. The molecule has 0 N–H and O–H groups in total. The fraction of sp³-hybridized carbons (Fsp3) is 0.333. The summed E-state index contributed by atoms with van der Waals surface area (Å²) in [5, 5.41) is 0. The second-order valence-electron chi connectivity index (χ2n) is 8.02. The summed E-state index contributed by atoms with van der Waals surface area (Å²) in [7, 11) is 1.62. The number of amides is 3. The van der Waals surface area contributed by atoms with Crippen LogP contribution >= 0.6 is 0 Å². The largest absolute Gasteiger partial charge is 0.425 e. The molecule has 0 radical (unpaired) electrons. The smallest absolute Gasteiger partial charge is 0.331 e. The van der Waals surface area contributed by atoms with Crippen LogP contribution in [0.4, 0.5) is 4.79 Å². The van der Waals surface area contributed by atoms with E-state index in [4.69, 9.17) is 4.74 Å². The molecule has 4 rings (SSSR count). The van der Waals surface area contributed by atoms with Gasteiger partial charge >= 0.3 is 12.0 Å². The van der Waals surface area contributed by atoms with Gasteiger partial charge in [-0.15, -0.1) is 0 Å². The highest BCUT2D eigenvalue weighted by atomic mass is 16.5. The number of benzene rings is 2. The minimum absolute atomic E-state index is 0.132. The average Bonchev–Trinajstić information content (AvgIpc) is 2.96. The first-order chi connectivity index (χ1) is 14.9. The van der Waals surface area contributed by atoms with Gasteiger partial charge in [0.25, 0.3) is 5.91 Å². The molecule has 1 spiro atoms. The van der Waals surface area contributed by atoms with Gasteiger partial charge in [-0.1, -0.05) is 49.6 Å². The molecule has 0 bridgehead atoms. The number of ketones is 1. The van der Waals surface area contributed by atoms with Crippen molar-refractivity contribution in [3.05, 3.63) is 65.7 Å². The fourth-order valence-electron chi connectivity index (χ4n) is 4.39. The van der Waals surface area contributed by atoms with E-state index in [0.29, 0.717) is 24.0 Å². The van der Waals surface area contributed by atoms with Crippen molar-refractivity contribution in [3.8, 4) is 5.75 Å². The number of hydrogen-bond donors (Lipinski definition) is 0. The molecule has 7 nitrogen and oxygen atoms in total. The van der Waals surface area contributed by atoms with Crippen molar-refractivity contribution in [1.82, 2.24) is 9.80 Å². The molecule has 2 aromatic rings. The zero-order chi connectivity index (χ0) is 22.0. The Bertz CT molecular complexity index is 1010. The Labute approximate surface area is 180 Å². The summed E-state index contributed by atoms with van der Waals surface area (Å²) in [4.78, 5) is 52.9. The maximum Gasteiger partial charge on any atom is 0.331 e. The van der Waals surface area contributed by atoms with Crippen molar-refractivity contribution in [2.75, 3.05) is 13.6 Å². The van der Waals surface area contributed by atoms with E-state index in [0.717, 1.165) is 24.2 Å². The molecule has 0 aromatic heterocycles. The normalized spacial score (nSPS) is 17.8.